The molecule has 140 valence electrons. The van der Waals surface area contributed by atoms with Gasteiger partial charge in [0, 0.05) is 0 Å². The smallest absolute Gasteiger partial charge is 0.308 e. The highest BCUT2D eigenvalue weighted by molar-refractivity contribution is 5.76. The van der Waals surface area contributed by atoms with E-state index in [0.29, 0.717) is 19.6 Å². The number of esters is 2. The van der Waals surface area contributed by atoms with Crippen LogP contribution in [0, 0.1) is 17.8 Å². The van der Waals surface area contributed by atoms with E-state index in [1.165, 1.54) is 12.8 Å². The largest absolute Gasteiger partial charge is 0.465 e. The summed E-state index contributed by atoms with van der Waals surface area (Å²) in [6.45, 7) is 7.54. The van der Waals surface area contributed by atoms with E-state index in [0.717, 1.165) is 50.9 Å². The Bertz CT molecular complexity index is 365. The van der Waals surface area contributed by atoms with Gasteiger partial charge in [-0.2, -0.15) is 0 Å². The van der Waals surface area contributed by atoms with E-state index >= 15 is 0 Å². The van der Waals surface area contributed by atoms with E-state index in [-0.39, 0.29) is 23.8 Å². The molecule has 1 aliphatic rings. The molecule has 0 N–H and O–H groups in total. The molecule has 24 heavy (non-hydrogen) atoms. The first-order valence-electron chi connectivity index (χ1n) is 9.87. The van der Waals surface area contributed by atoms with Crippen molar-refractivity contribution in [2.45, 2.75) is 85.0 Å². The second-order valence-corrected chi connectivity index (χ2v) is 7.49. The number of hydrogen-bond donors (Lipinski definition) is 0. The molecular weight excluding hydrogens is 304 g/mol. The molecule has 1 rings (SSSR count). The standard InChI is InChI=1S/C20H36O4/c1-4-5-13-23-19(21)17-11-9-12-18(15-17)20(22)24-14-8-6-7-10-16(2)3/h16-18H,4-15H2,1-3H3. The van der Waals surface area contributed by atoms with Crippen LogP contribution in [0.25, 0.3) is 0 Å². The summed E-state index contributed by atoms with van der Waals surface area (Å²) in [5.74, 6) is 0.237. The summed E-state index contributed by atoms with van der Waals surface area (Å²) >= 11 is 0. The Morgan fingerprint density at radius 3 is 2.04 bits per heavy atom. The minimum atomic E-state index is -0.130. The van der Waals surface area contributed by atoms with Crippen LogP contribution in [0.3, 0.4) is 0 Å². The van der Waals surface area contributed by atoms with Crippen LogP contribution in [0.15, 0.2) is 0 Å². The zero-order chi connectivity index (χ0) is 17.8. The van der Waals surface area contributed by atoms with E-state index in [2.05, 4.69) is 20.8 Å². The summed E-state index contributed by atoms with van der Waals surface area (Å²) in [6.07, 6.45) is 9.58. The molecule has 2 atom stereocenters. The Hall–Kier alpha value is -1.06. The minimum absolute atomic E-state index is 0.120. The summed E-state index contributed by atoms with van der Waals surface area (Å²) < 4.78 is 10.7. The van der Waals surface area contributed by atoms with E-state index in [9.17, 15) is 9.59 Å². The van der Waals surface area contributed by atoms with Crippen molar-refractivity contribution in [3.8, 4) is 0 Å². The summed E-state index contributed by atoms with van der Waals surface area (Å²) in [5.41, 5.74) is 0. The van der Waals surface area contributed by atoms with Crippen LogP contribution in [0.5, 0.6) is 0 Å². The van der Waals surface area contributed by atoms with E-state index in [1.54, 1.807) is 0 Å². The van der Waals surface area contributed by atoms with Crippen molar-refractivity contribution in [1.29, 1.82) is 0 Å². The number of hydrogen-bond acceptors (Lipinski definition) is 4. The van der Waals surface area contributed by atoms with Crippen LogP contribution >= 0.6 is 0 Å². The zero-order valence-corrected chi connectivity index (χ0v) is 15.9. The van der Waals surface area contributed by atoms with Gasteiger partial charge in [-0.05, 0) is 38.0 Å². The van der Waals surface area contributed by atoms with Crippen molar-refractivity contribution in [2.24, 2.45) is 17.8 Å². The number of unbranched alkanes of at least 4 members (excludes halogenated alkanes) is 3. The molecule has 0 aromatic rings. The first-order valence-corrected chi connectivity index (χ1v) is 9.87. The Morgan fingerprint density at radius 2 is 1.50 bits per heavy atom. The van der Waals surface area contributed by atoms with Gasteiger partial charge in [-0.15, -0.1) is 0 Å². The van der Waals surface area contributed by atoms with Crippen LogP contribution in [-0.4, -0.2) is 25.2 Å². The predicted molar refractivity (Wildman–Crippen MR) is 95.6 cm³/mol. The molecule has 1 saturated carbocycles. The second-order valence-electron chi connectivity index (χ2n) is 7.49. The minimum Gasteiger partial charge on any atom is -0.465 e. The maximum absolute atomic E-state index is 12.2. The fourth-order valence-electron chi connectivity index (χ4n) is 3.17. The average Bonchev–Trinajstić information content (AvgIpc) is 2.57. The Balaban J connectivity index is 2.20. The van der Waals surface area contributed by atoms with Gasteiger partial charge in [-0.1, -0.05) is 52.9 Å². The molecule has 1 fully saturated rings. The van der Waals surface area contributed by atoms with E-state index < -0.39 is 0 Å². The lowest BCUT2D eigenvalue weighted by molar-refractivity contribution is -0.155. The fourth-order valence-corrected chi connectivity index (χ4v) is 3.17. The molecule has 0 heterocycles. The third-order valence-electron chi connectivity index (χ3n) is 4.75. The Kier molecular flexibility index (Phi) is 10.8. The van der Waals surface area contributed by atoms with Crippen molar-refractivity contribution < 1.29 is 19.1 Å². The highest BCUT2D eigenvalue weighted by Gasteiger charge is 2.32. The molecule has 4 nitrogen and oxygen atoms in total. The molecule has 0 aromatic carbocycles. The van der Waals surface area contributed by atoms with Gasteiger partial charge < -0.3 is 9.47 Å². The molecule has 0 saturated heterocycles. The van der Waals surface area contributed by atoms with Crippen molar-refractivity contribution in [3.05, 3.63) is 0 Å². The molecule has 0 aliphatic heterocycles. The molecule has 0 bridgehead atoms. The van der Waals surface area contributed by atoms with Crippen LogP contribution in [0.4, 0.5) is 0 Å². The first-order chi connectivity index (χ1) is 11.5. The van der Waals surface area contributed by atoms with Gasteiger partial charge in [0.25, 0.3) is 0 Å². The molecule has 4 heteroatoms. The summed E-state index contributed by atoms with van der Waals surface area (Å²) in [4.78, 5) is 24.2. The fraction of sp³-hybridized carbons (Fsp3) is 0.900. The predicted octanol–water partition coefficient (Wildman–Crippen LogP) is 4.90. The summed E-state index contributed by atoms with van der Waals surface area (Å²) in [7, 11) is 0. The number of rotatable bonds is 11. The van der Waals surface area contributed by atoms with E-state index in [1.807, 2.05) is 0 Å². The Labute approximate surface area is 147 Å². The van der Waals surface area contributed by atoms with Crippen molar-refractivity contribution >= 4 is 11.9 Å². The molecule has 0 amide bonds. The highest BCUT2D eigenvalue weighted by atomic mass is 16.5. The van der Waals surface area contributed by atoms with Crippen molar-refractivity contribution in [1.82, 2.24) is 0 Å². The van der Waals surface area contributed by atoms with Gasteiger partial charge in [0.15, 0.2) is 0 Å². The maximum atomic E-state index is 12.2. The van der Waals surface area contributed by atoms with Crippen LogP contribution in [-0.2, 0) is 19.1 Å². The lowest BCUT2D eigenvalue weighted by atomic mass is 9.81. The second kappa shape index (κ2) is 12.3. The lowest BCUT2D eigenvalue weighted by Crippen LogP contribution is -2.30. The van der Waals surface area contributed by atoms with E-state index in [4.69, 9.17) is 9.47 Å². The number of ether oxygens (including phenoxy) is 2. The topological polar surface area (TPSA) is 52.6 Å². The third kappa shape index (κ3) is 8.70. The quantitative estimate of drug-likeness (QED) is 0.397. The first kappa shape index (κ1) is 21.0. The van der Waals surface area contributed by atoms with Gasteiger partial charge in [0.1, 0.15) is 0 Å². The van der Waals surface area contributed by atoms with Crippen molar-refractivity contribution in [2.75, 3.05) is 13.2 Å². The average molecular weight is 341 g/mol. The van der Waals surface area contributed by atoms with Crippen LogP contribution in [0.1, 0.15) is 85.0 Å². The van der Waals surface area contributed by atoms with Crippen LogP contribution in [0.2, 0.25) is 0 Å². The van der Waals surface area contributed by atoms with Gasteiger partial charge in [0.2, 0.25) is 0 Å². The summed E-state index contributed by atoms with van der Waals surface area (Å²) in [6, 6.07) is 0. The SMILES string of the molecule is CCCCOC(=O)C1CCCC(C(=O)OCCCCCC(C)C)C1. The number of carbonyl (C=O) groups excluding carboxylic acids is 2. The van der Waals surface area contributed by atoms with Crippen molar-refractivity contribution in [3.63, 3.8) is 0 Å². The number of carbonyl (C=O) groups is 2. The van der Waals surface area contributed by atoms with Gasteiger partial charge >= 0.3 is 11.9 Å². The molecular formula is C20H36O4. The summed E-state index contributed by atoms with van der Waals surface area (Å²) in [5, 5.41) is 0. The lowest BCUT2D eigenvalue weighted by Gasteiger charge is -2.26. The van der Waals surface area contributed by atoms with Crippen LogP contribution < -0.4 is 0 Å². The molecule has 0 radical (unpaired) electrons. The Morgan fingerprint density at radius 1 is 0.917 bits per heavy atom. The molecule has 2 unspecified atom stereocenters. The molecule has 0 aromatic heterocycles. The third-order valence-corrected chi connectivity index (χ3v) is 4.75. The van der Waals surface area contributed by atoms with Gasteiger partial charge in [-0.25, -0.2) is 0 Å². The van der Waals surface area contributed by atoms with Gasteiger partial charge in [-0.3, -0.25) is 9.59 Å². The molecule has 1 aliphatic carbocycles. The highest BCUT2D eigenvalue weighted by Crippen LogP contribution is 2.31. The maximum Gasteiger partial charge on any atom is 0.308 e. The normalized spacial score (nSPS) is 20.8. The van der Waals surface area contributed by atoms with Gasteiger partial charge in [0.05, 0.1) is 25.0 Å². The zero-order valence-electron chi connectivity index (χ0n) is 15.9. The monoisotopic (exact) mass is 340 g/mol. The molecule has 0 spiro atoms.